The maximum Gasteiger partial charge on any atom is 0.448 e. The van der Waals surface area contributed by atoms with Gasteiger partial charge in [0.25, 0.3) is 0 Å². The molecule has 0 aromatic heterocycles. The van der Waals surface area contributed by atoms with Gasteiger partial charge >= 0.3 is 12.0 Å². The highest BCUT2D eigenvalue weighted by Gasteiger charge is 2.57. The van der Waals surface area contributed by atoms with E-state index in [0.717, 1.165) is 23.6 Å². The molecule has 4 unspecified atom stereocenters. The molecule has 7 heteroatoms. The van der Waals surface area contributed by atoms with Crippen molar-refractivity contribution in [3.8, 4) is 11.5 Å². The number of methoxy groups -OCH3 is 2. The zero-order chi connectivity index (χ0) is 21.8. The molecule has 2 bridgehead atoms. The van der Waals surface area contributed by atoms with Gasteiger partial charge in [0.05, 0.1) is 32.5 Å². The molecule has 3 aliphatic rings. The SMILES string of the molecule is COc1cc2c(cc1OC)[N+](C)(C(C)(C)C(=O)O)C(=O)N=C2CC1CC2CCC1C2. The van der Waals surface area contributed by atoms with Crippen LogP contribution in [0.4, 0.5) is 10.5 Å². The van der Waals surface area contributed by atoms with Gasteiger partial charge in [-0.25, -0.2) is 9.59 Å². The number of carboxylic acids is 1. The molecular weight excluding hydrogens is 384 g/mol. The molecule has 0 saturated heterocycles. The van der Waals surface area contributed by atoms with Crippen molar-refractivity contribution in [1.29, 1.82) is 0 Å². The van der Waals surface area contributed by atoms with E-state index in [2.05, 4.69) is 4.99 Å². The molecule has 2 aliphatic carbocycles. The number of amides is 2. The first-order chi connectivity index (χ1) is 14.1. The number of hydrogen-bond donors (Lipinski definition) is 1. The minimum atomic E-state index is -1.41. The number of rotatable bonds is 6. The molecule has 1 aromatic rings. The van der Waals surface area contributed by atoms with E-state index in [1.807, 2.05) is 6.07 Å². The van der Waals surface area contributed by atoms with Crippen LogP contribution >= 0.6 is 0 Å². The number of ether oxygens (including phenoxy) is 2. The van der Waals surface area contributed by atoms with Crippen LogP contribution in [0, 0.1) is 17.8 Å². The zero-order valence-electron chi connectivity index (χ0n) is 18.4. The van der Waals surface area contributed by atoms with Crippen LogP contribution in [0.1, 0.15) is 51.5 Å². The topological polar surface area (TPSA) is 85.2 Å². The number of likely N-dealkylation sites (N-methyl/N-ethyl adjacent to an activating group) is 1. The number of hydrogen-bond acceptors (Lipinski definition) is 4. The number of aliphatic carboxylic acids is 1. The molecule has 162 valence electrons. The Hall–Kier alpha value is -2.41. The molecule has 2 saturated carbocycles. The summed E-state index contributed by atoms with van der Waals surface area (Å²) in [6, 6.07) is 3.13. The molecule has 1 N–H and O–H groups in total. The number of carbonyl (C=O) groups is 2. The Morgan fingerprint density at radius 2 is 1.87 bits per heavy atom. The van der Waals surface area contributed by atoms with E-state index in [1.54, 1.807) is 34.1 Å². The lowest BCUT2D eigenvalue weighted by Gasteiger charge is -2.43. The number of nitrogens with zero attached hydrogens (tertiary/aromatic N) is 2. The van der Waals surface area contributed by atoms with Gasteiger partial charge in [-0.2, -0.15) is 9.48 Å². The minimum Gasteiger partial charge on any atom is -0.493 e. The second-order valence-corrected chi connectivity index (χ2v) is 9.57. The fraction of sp³-hybridized carbons (Fsp3) is 0.609. The smallest absolute Gasteiger partial charge is 0.448 e. The molecule has 0 spiro atoms. The van der Waals surface area contributed by atoms with Crippen LogP contribution in [0.25, 0.3) is 0 Å². The van der Waals surface area contributed by atoms with E-state index in [4.69, 9.17) is 9.47 Å². The molecular formula is C23H31N2O5+. The summed E-state index contributed by atoms with van der Waals surface area (Å²) in [5, 5.41) is 9.92. The quantitative estimate of drug-likeness (QED) is 0.702. The average Bonchev–Trinajstić information content (AvgIpc) is 3.33. The molecule has 2 fully saturated rings. The Morgan fingerprint density at radius 3 is 2.40 bits per heavy atom. The third kappa shape index (κ3) is 2.86. The zero-order valence-corrected chi connectivity index (χ0v) is 18.4. The monoisotopic (exact) mass is 415 g/mol. The van der Waals surface area contributed by atoms with Gasteiger partial charge in [0.15, 0.2) is 17.2 Å². The van der Waals surface area contributed by atoms with E-state index < -0.39 is 22.0 Å². The van der Waals surface area contributed by atoms with E-state index in [-0.39, 0.29) is 0 Å². The predicted molar refractivity (Wildman–Crippen MR) is 114 cm³/mol. The fourth-order valence-corrected chi connectivity index (χ4v) is 5.61. The summed E-state index contributed by atoms with van der Waals surface area (Å²) in [6.45, 7) is 3.12. The maximum absolute atomic E-state index is 13.4. The van der Waals surface area contributed by atoms with Crippen LogP contribution in [-0.2, 0) is 4.79 Å². The van der Waals surface area contributed by atoms with E-state index in [1.165, 1.54) is 32.8 Å². The number of fused-ring (bicyclic) bond motifs is 3. The molecule has 30 heavy (non-hydrogen) atoms. The van der Waals surface area contributed by atoms with Crippen molar-refractivity contribution in [1.82, 2.24) is 4.48 Å². The molecule has 4 rings (SSSR count). The molecule has 1 aromatic carbocycles. The molecule has 1 heterocycles. The van der Waals surface area contributed by atoms with E-state index in [9.17, 15) is 14.7 Å². The lowest BCUT2D eigenvalue weighted by Crippen LogP contribution is -2.68. The highest BCUT2D eigenvalue weighted by molar-refractivity contribution is 6.17. The number of quaternary nitrogens is 1. The summed E-state index contributed by atoms with van der Waals surface area (Å²) in [6.07, 6.45) is 5.78. The molecule has 7 nitrogen and oxygen atoms in total. The molecule has 1 aliphatic heterocycles. The van der Waals surface area contributed by atoms with Gasteiger partial charge in [-0.05, 0) is 49.5 Å². The lowest BCUT2D eigenvalue weighted by atomic mass is 9.82. The summed E-state index contributed by atoms with van der Waals surface area (Å²) in [5.41, 5.74) is 0.711. The first-order valence-electron chi connectivity index (χ1n) is 10.6. The summed E-state index contributed by atoms with van der Waals surface area (Å²) >= 11 is 0. The van der Waals surface area contributed by atoms with Gasteiger partial charge in [-0.1, -0.05) is 6.42 Å². The Balaban J connectivity index is 1.85. The third-order valence-corrected chi connectivity index (χ3v) is 7.89. The number of urea groups is 1. The molecule has 0 radical (unpaired) electrons. The number of benzene rings is 1. The van der Waals surface area contributed by atoms with Crippen LogP contribution in [0.3, 0.4) is 0 Å². The maximum atomic E-state index is 13.4. The lowest BCUT2D eigenvalue weighted by molar-refractivity contribution is -0.146. The largest absolute Gasteiger partial charge is 0.493 e. The first kappa shape index (κ1) is 20.8. The van der Waals surface area contributed by atoms with Gasteiger partial charge in [-0.15, -0.1) is 0 Å². The second-order valence-electron chi connectivity index (χ2n) is 9.57. The summed E-state index contributed by atoms with van der Waals surface area (Å²) in [4.78, 5) is 30.0. The van der Waals surface area contributed by atoms with E-state index in [0.29, 0.717) is 29.0 Å². The van der Waals surface area contributed by atoms with Crippen LogP contribution < -0.4 is 14.0 Å². The van der Waals surface area contributed by atoms with Crippen LogP contribution in [0.15, 0.2) is 17.1 Å². The van der Waals surface area contributed by atoms with Gasteiger partial charge in [-0.3, -0.25) is 0 Å². The van der Waals surface area contributed by atoms with Crippen LogP contribution in [0.5, 0.6) is 11.5 Å². The molecule has 4 atom stereocenters. The van der Waals surface area contributed by atoms with Gasteiger partial charge in [0.2, 0.25) is 5.54 Å². The Kier molecular flexibility index (Phi) is 4.92. The van der Waals surface area contributed by atoms with Gasteiger partial charge in [0, 0.05) is 19.9 Å². The first-order valence-corrected chi connectivity index (χ1v) is 10.6. The standard InChI is InChI=1S/C23H30N2O5/c1-23(2,21(26)27)25(3)18-12-20(30-5)19(29-4)11-16(18)17(24-22(25)28)10-15-9-13-6-7-14(15)8-13/h11-15H,6-10H2,1-5H3/p+1. The molecule has 2 amide bonds. The van der Waals surface area contributed by atoms with Crippen molar-refractivity contribution in [3.05, 3.63) is 17.7 Å². The Morgan fingerprint density at radius 1 is 1.20 bits per heavy atom. The van der Waals surface area contributed by atoms with Crippen molar-refractivity contribution in [2.75, 3.05) is 21.3 Å². The van der Waals surface area contributed by atoms with Gasteiger partial charge in [0.1, 0.15) is 0 Å². The number of carboxylic acid groups (broad SMARTS) is 1. The van der Waals surface area contributed by atoms with Crippen LogP contribution in [0.2, 0.25) is 0 Å². The van der Waals surface area contributed by atoms with Gasteiger partial charge < -0.3 is 14.6 Å². The van der Waals surface area contributed by atoms with Crippen molar-refractivity contribution < 1.29 is 24.2 Å². The second kappa shape index (κ2) is 7.08. The summed E-state index contributed by atoms with van der Waals surface area (Å²) in [5.74, 6) is 1.99. The van der Waals surface area contributed by atoms with Crippen molar-refractivity contribution in [2.24, 2.45) is 22.7 Å². The summed E-state index contributed by atoms with van der Waals surface area (Å²) < 4.78 is 10.5. The van der Waals surface area contributed by atoms with Crippen LogP contribution in [-0.4, -0.2) is 49.6 Å². The fourth-order valence-electron chi connectivity index (χ4n) is 5.61. The Bertz CT molecular complexity index is 938. The van der Waals surface area contributed by atoms with Crippen molar-refractivity contribution in [3.63, 3.8) is 0 Å². The highest BCUT2D eigenvalue weighted by atomic mass is 16.5. The third-order valence-electron chi connectivity index (χ3n) is 7.89. The minimum absolute atomic E-state index is 0.458. The predicted octanol–water partition coefficient (Wildman–Crippen LogP) is 4.25. The average molecular weight is 416 g/mol. The number of carbonyl (C=O) groups excluding carboxylic acids is 1. The normalized spacial score (nSPS) is 30.1. The Labute approximate surface area is 177 Å². The van der Waals surface area contributed by atoms with Crippen molar-refractivity contribution >= 4 is 23.4 Å². The van der Waals surface area contributed by atoms with Crippen molar-refractivity contribution in [2.45, 2.75) is 51.5 Å². The summed E-state index contributed by atoms with van der Waals surface area (Å²) in [7, 11) is 4.73. The number of aliphatic imine (C=N–C) groups is 1. The highest BCUT2D eigenvalue weighted by Crippen LogP contribution is 2.51. The van der Waals surface area contributed by atoms with E-state index >= 15 is 0 Å².